The average Bonchev–Trinajstić information content (AvgIpc) is 3.09. The lowest BCUT2D eigenvalue weighted by molar-refractivity contribution is -0.117. The van der Waals surface area contributed by atoms with Crippen molar-refractivity contribution in [2.45, 2.75) is 25.5 Å². The molecule has 1 heterocycles. The molecule has 0 unspecified atom stereocenters. The summed E-state index contributed by atoms with van der Waals surface area (Å²) >= 11 is 13.4. The number of nitrogens with one attached hydrogen (secondary N) is 2. The van der Waals surface area contributed by atoms with Gasteiger partial charge in [-0.3, -0.25) is 4.79 Å². The van der Waals surface area contributed by atoms with E-state index in [2.05, 4.69) is 16.7 Å². The number of hydrogen-bond donors (Lipinski definition) is 2. The van der Waals surface area contributed by atoms with Gasteiger partial charge in [0.05, 0.1) is 0 Å². The molecule has 0 aromatic heterocycles. The van der Waals surface area contributed by atoms with Crippen molar-refractivity contribution in [2.24, 2.45) is 0 Å². The summed E-state index contributed by atoms with van der Waals surface area (Å²) in [7, 11) is 0. The average molecular weight is 434 g/mol. The Hall–Kier alpha value is -1.76. The molecule has 7 heteroatoms. The number of thioether (sulfide) groups is 1. The van der Waals surface area contributed by atoms with E-state index in [4.69, 9.17) is 23.8 Å². The topological polar surface area (TPSA) is 44.4 Å². The number of amides is 1. The molecule has 28 heavy (non-hydrogen) atoms. The Labute approximate surface area is 181 Å². The second kappa shape index (κ2) is 10.1. The van der Waals surface area contributed by atoms with Crippen LogP contribution in [0.25, 0.3) is 0 Å². The maximum Gasteiger partial charge on any atom is 0.227 e. The number of anilines is 2. The Morgan fingerprint density at radius 1 is 1.29 bits per heavy atom. The Kier molecular flexibility index (Phi) is 7.59. The van der Waals surface area contributed by atoms with E-state index < -0.39 is 0 Å². The van der Waals surface area contributed by atoms with Crippen molar-refractivity contribution >= 4 is 58.0 Å². The number of carbonyl (C=O) groups excluding carboxylic acids is 1. The fraction of sp³-hybridized carbons (Fsp3) is 0.333. The number of thiocarbonyl (C=S) groups is 1. The van der Waals surface area contributed by atoms with Crippen molar-refractivity contribution in [3.8, 4) is 0 Å². The van der Waals surface area contributed by atoms with Crippen LogP contribution in [0.3, 0.4) is 0 Å². The van der Waals surface area contributed by atoms with E-state index in [0.29, 0.717) is 11.5 Å². The Balaban J connectivity index is 1.41. The van der Waals surface area contributed by atoms with Crippen molar-refractivity contribution in [1.82, 2.24) is 5.32 Å². The molecule has 2 aromatic carbocycles. The van der Waals surface area contributed by atoms with E-state index in [1.807, 2.05) is 60.0 Å². The van der Waals surface area contributed by atoms with Gasteiger partial charge in [0.1, 0.15) is 0 Å². The van der Waals surface area contributed by atoms with Crippen LogP contribution in [0.2, 0.25) is 5.02 Å². The summed E-state index contributed by atoms with van der Waals surface area (Å²) in [5.74, 6) is 2.02. The molecule has 1 fully saturated rings. The summed E-state index contributed by atoms with van der Waals surface area (Å²) in [5, 5.41) is 7.86. The van der Waals surface area contributed by atoms with E-state index in [9.17, 15) is 4.79 Å². The van der Waals surface area contributed by atoms with Gasteiger partial charge in [0.2, 0.25) is 5.91 Å². The number of nitrogens with zero attached hydrogens (tertiary/aromatic N) is 1. The molecule has 0 bridgehead atoms. The maximum absolute atomic E-state index is 11.9. The van der Waals surface area contributed by atoms with E-state index in [0.717, 1.165) is 58.5 Å². The highest BCUT2D eigenvalue weighted by atomic mass is 35.5. The normalized spacial score (nSPS) is 13.6. The highest BCUT2D eigenvalue weighted by molar-refractivity contribution is 7.98. The van der Waals surface area contributed by atoms with E-state index >= 15 is 0 Å². The Morgan fingerprint density at radius 2 is 2.11 bits per heavy atom. The Bertz CT molecular complexity index is 859. The zero-order chi connectivity index (χ0) is 19.9. The maximum atomic E-state index is 11.9. The van der Waals surface area contributed by atoms with Crippen LogP contribution in [0.1, 0.15) is 24.0 Å². The molecule has 0 radical (unpaired) electrons. The monoisotopic (exact) mass is 433 g/mol. The number of rotatable bonds is 7. The predicted octanol–water partition coefficient (Wildman–Crippen LogP) is 5.00. The first-order valence-electron chi connectivity index (χ1n) is 9.31. The van der Waals surface area contributed by atoms with Gasteiger partial charge in [-0.15, -0.1) is 0 Å². The molecule has 0 atom stereocenters. The van der Waals surface area contributed by atoms with E-state index in [-0.39, 0.29) is 5.91 Å². The number of hydrogen-bond acceptors (Lipinski definition) is 3. The van der Waals surface area contributed by atoms with Gasteiger partial charge in [0.25, 0.3) is 0 Å². The molecule has 148 valence electrons. The molecule has 3 rings (SSSR count). The van der Waals surface area contributed by atoms with Crippen molar-refractivity contribution in [3.63, 3.8) is 0 Å². The third-order valence-electron chi connectivity index (χ3n) is 4.57. The minimum Gasteiger partial charge on any atom is -0.362 e. The highest BCUT2D eigenvalue weighted by Gasteiger charge is 2.22. The molecule has 1 aliphatic rings. The molecule has 1 aliphatic heterocycles. The molecule has 1 saturated heterocycles. The van der Waals surface area contributed by atoms with E-state index in [1.54, 1.807) is 0 Å². The first kappa shape index (κ1) is 21.0. The molecule has 4 nitrogen and oxygen atoms in total. The van der Waals surface area contributed by atoms with Gasteiger partial charge < -0.3 is 15.5 Å². The van der Waals surface area contributed by atoms with Crippen LogP contribution in [-0.4, -0.2) is 29.9 Å². The van der Waals surface area contributed by atoms with E-state index in [1.165, 1.54) is 0 Å². The van der Waals surface area contributed by atoms with Crippen LogP contribution in [0.4, 0.5) is 11.4 Å². The van der Waals surface area contributed by atoms with Crippen molar-refractivity contribution in [3.05, 3.63) is 58.6 Å². The smallest absolute Gasteiger partial charge is 0.227 e. The summed E-state index contributed by atoms with van der Waals surface area (Å²) in [6.07, 6.45) is 1.57. The first-order chi connectivity index (χ1) is 13.5. The summed E-state index contributed by atoms with van der Waals surface area (Å²) in [5.41, 5.74) is 4.14. The van der Waals surface area contributed by atoms with Crippen LogP contribution in [-0.2, 0) is 10.5 Å². The third kappa shape index (κ3) is 5.63. The van der Waals surface area contributed by atoms with Gasteiger partial charge in [0, 0.05) is 47.4 Å². The first-order valence-corrected chi connectivity index (χ1v) is 11.3. The van der Waals surface area contributed by atoms with Crippen LogP contribution >= 0.6 is 35.6 Å². The van der Waals surface area contributed by atoms with Crippen LogP contribution in [0.5, 0.6) is 0 Å². The van der Waals surface area contributed by atoms with Gasteiger partial charge >= 0.3 is 0 Å². The summed E-state index contributed by atoms with van der Waals surface area (Å²) in [6, 6.07) is 13.9. The second-order valence-electron chi connectivity index (χ2n) is 6.68. The number of aryl methyl sites for hydroxylation is 1. The molecule has 0 aliphatic carbocycles. The summed E-state index contributed by atoms with van der Waals surface area (Å²) < 4.78 is 0. The van der Waals surface area contributed by atoms with Crippen LogP contribution < -0.4 is 15.5 Å². The van der Waals surface area contributed by atoms with Crippen LogP contribution in [0, 0.1) is 6.92 Å². The number of benzene rings is 2. The summed E-state index contributed by atoms with van der Waals surface area (Å²) in [6.45, 7) is 3.60. The summed E-state index contributed by atoms with van der Waals surface area (Å²) in [4.78, 5) is 13.8. The lowest BCUT2D eigenvalue weighted by Gasteiger charge is -2.19. The molecule has 2 aromatic rings. The lowest BCUT2D eigenvalue weighted by atomic mass is 10.1. The van der Waals surface area contributed by atoms with Crippen LogP contribution in [0.15, 0.2) is 42.5 Å². The molecular weight excluding hydrogens is 410 g/mol. The largest absolute Gasteiger partial charge is 0.362 e. The second-order valence-corrected chi connectivity index (χ2v) is 8.60. The van der Waals surface area contributed by atoms with Crippen molar-refractivity contribution in [1.29, 1.82) is 0 Å². The van der Waals surface area contributed by atoms with Gasteiger partial charge in [-0.25, -0.2) is 0 Å². The van der Waals surface area contributed by atoms with Gasteiger partial charge in [0.15, 0.2) is 5.11 Å². The molecule has 1 amide bonds. The fourth-order valence-electron chi connectivity index (χ4n) is 3.15. The molecule has 0 saturated carbocycles. The number of halogens is 1. The number of carbonyl (C=O) groups is 1. The zero-order valence-corrected chi connectivity index (χ0v) is 18.2. The predicted molar refractivity (Wildman–Crippen MR) is 125 cm³/mol. The highest BCUT2D eigenvalue weighted by Crippen LogP contribution is 2.27. The lowest BCUT2D eigenvalue weighted by Crippen LogP contribution is -2.30. The standard InChI is InChI=1S/C21H24ClN3OS2/c1-15-13-17(8-9-19(15)25-11-4-7-20(25)26)24-21(27)23-10-12-28-14-16-5-2-3-6-18(16)22/h2-3,5-6,8-9,13H,4,7,10-12,14H2,1H3,(H2,23,24,27). The third-order valence-corrected chi connectivity index (χ3v) is 6.19. The minimum atomic E-state index is 0.204. The minimum absolute atomic E-state index is 0.204. The fourth-order valence-corrected chi connectivity index (χ4v) is 4.51. The van der Waals surface area contributed by atoms with Crippen molar-refractivity contribution < 1.29 is 4.79 Å². The quantitative estimate of drug-likeness (QED) is 0.475. The Morgan fingerprint density at radius 3 is 2.82 bits per heavy atom. The van der Waals surface area contributed by atoms with Crippen molar-refractivity contribution in [2.75, 3.05) is 29.1 Å². The van der Waals surface area contributed by atoms with Gasteiger partial charge in [-0.2, -0.15) is 11.8 Å². The van der Waals surface area contributed by atoms with Gasteiger partial charge in [-0.05, 0) is 61.0 Å². The molecule has 2 N–H and O–H groups in total. The molecular formula is C21H24ClN3OS2. The molecule has 0 spiro atoms. The zero-order valence-electron chi connectivity index (χ0n) is 15.8. The SMILES string of the molecule is Cc1cc(NC(=S)NCCSCc2ccccc2Cl)ccc1N1CCCC1=O. The van der Waals surface area contributed by atoms with Gasteiger partial charge in [-0.1, -0.05) is 29.8 Å².